The fraction of sp³-hybridized carbons (Fsp3) is 0.133. The number of nitrogen functional groups attached to an aromatic ring is 1. The summed E-state index contributed by atoms with van der Waals surface area (Å²) in [5.41, 5.74) is 10.2. The van der Waals surface area contributed by atoms with Crippen molar-refractivity contribution in [1.29, 1.82) is 0 Å². The Labute approximate surface area is 122 Å². The van der Waals surface area contributed by atoms with Gasteiger partial charge in [-0.05, 0) is 31.1 Å². The van der Waals surface area contributed by atoms with Gasteiger partial charge in [0.05, 0.1) is 15.9 Å². The first kappa shape index (κ1) is 14.1. The Morgan fingerprint density at radius 2 is 2.20 bits per heavy atom. The Kier molecular flexibility index (Phi) is 4.10. The molecular formula is C15H16N4S. The number of allylic oxidation sites excluding steroid dienone is 3. The van der Waals surface area contributed by atoms with Gasteiger partial charge in [0.2, 0.25) is 0 Å². The maximum absolute atomic E-state index is 5.80. The smallest absolute Gasteiger partial charge is 0.181 e. The molecule has 0 fully saturated rings. The van der Waals surface area contributed by atoms with E-state index in [9.17, 15) is 0 Å². The molecule has 0 aliphatic rings. The Morgan fingerprint density at radius 3 is 2.85 bits per heavy atom. The van der Waals surface area contributed by atoms with Crippen LogP contribution in [0.5, 0.6) is 0 Å². The number of nitrogens with zero attached hydrogens (tertiary/aromatic N) is 3. The Bertz CT molecular complexity index is 737. The number of benzene rings is 1. The topological polar surface area (TPSA) is 63.6 Å². The molecule has 0 radical (unpaired) electrons. The number of rotatable bonds is 4. The minimum atomic E-state index is 0.562. The lowest BCUT2D eigenvalue weighted by atomic mass is 9.95. The highest BCUT2D eigenvalue weighted by Gasteiger charge is 2.13. The van der Waals surface area contributed by atoms with E-state index in [1.165, 1.54) is 11.3 Å². The van der Waals surface area contributed by atoms with E-state index >= 15 is 0 Å². The quantitative estimate of drug-likeness (QED) is 0.525. The SMILES string of the molecule is C=N/N=C(/C)C(=C)C(=CC)c1cccc2sc(N)nc12. The van der Waals surface area contributed by atoms with Gasteiger partial charge in [0.25, 0.3) is 0 Å². The Hall–Kier alpha value is -2.27. The molecule has 0 aliphatic carbocycles. The predicted molar refractivity (Wildman–Crippen MR) is 89.5 cm³/mol. The van der Waals surface area contributed by atoms with Crippen LogP contribution in [0.15, 0.2) is 46.6 Å². The van der Waals surface area contributed by atoms with Crippen LogP contribution in [0.2, 0.25) is 0 Å². The molecule has 0 aliphatic heterocycles. The molecule has 1 aromatic heterocycles. The molecule has 20 heavy (non-hydrogen) atoms. The maximum Gasteiger partial charge on any atom is 0.181 e. The summed E-state index contributed by atoms with van der Waals surface area (Å²) in [6.45, 7) is 11.3. The zero-order valence-corrected chi connectivity index (χ0v) is 12.4. The summed E-state index contributed by atoms with van der Waals surface area (Å²) in [6.07, 6.45) is 1.99. The third-order valence-corrected chi connectivity index (χ3v) is 3.85. The van der Waals surface area contributed by atoms with Crippen LogP contribution in [-0.4, -0.2) is 17.4 Å². The summed E-state index contributed by atoms with van der Waals surface area (Å²) in [6, 6.07) is 6.01. The van der Waals surface area contributed by atoms with Crippen molar-refractivity contribution < 1.29 is 0 Å². The van der Waals surface area contributed by atoms with Crippen LogP contribution in [0, 0.1) is 0 Å². The number of hydrogen-bond donors (Lipinski definition) is 1. The molecule has 2 N–H and O–H groups in total. The van der Waals surface area contributed by atoms with E-state index in [2.05, 4.69) is 28.5 Å². The molecule has 0 amide bonds. The first-order valence-corrected chi connectivity index (χ1v) is 6.91. The molecule has 0 spiro atoms. The summed E-state index contributed by atoms with van der Waals surface area (Å²) in [7, 11) is 0. The second kappa shape index (κ2) is 5.79. The van der Waals surface area contributed by atoms with Crippen molar-refractivity contribution in [3.63, 3.8) is 0 Å². The molecule has 0 saturated carbocycles. The first-order chi connectivity index (χ1) is 9.58. The molecule has 1 aromatic carbocycles. The molecule has 2 rings (SSSR count). The van der Waals surface area contributed by atoms with E-state index in [1.807, 2.05) is 38.1 Å². The van der Waals surface area contributed by atoms with Crippen LogP contribution in [-0.2, 0) is 0 Å². The van der Waals surface area contributed by atoms with Gasteiger partial charge in [-0.1, -0.05) is 36.1 Å². The van der Waals surface area contributed by atoms with E-state index in [4.69, 9.17) is 5.73 Å². The fourth-order valence-corrected chi connectivity index (χ4v) is 2.80. The minimum Gasteiger partial charge on any atom is -0.375 e. The normalized spacial score (nSPS) is 12.7. The zero-order chi connectivity index (χ0) is 14.7. The third-order valence-electron chi connectivity index (χ3n) is 3.00. The van der Waals surface area contributed by atoms with Crippen LogP contribution in [0.3, 0.4) is 0 Å². The van der Waals surface area contributed by atoms with Gasteiger partial charge in [-0.15, -0.1) is 0 Å². The number of fused-ring (bicyclic) bond motifs is 1. The van der Waals surface area contributed by atoms with Gasteiger partial charge in [0, 0.05) is 12.3 Å². The van der Waals surface area contributed by atoms with E-state index in [-0.39, 0.29) is 0 Å². The highest BCUT2D eigenvalue weighted by molar-refractivity contribution is 7.22. The van der Waals surface area contributed by atoms with E-state index in [1.54, 1.807) is 0 Å². The fourth-order valence-electron chi connectivity index (χ4n) is 2.04. The standard InChI is InChI=1S/C15H16N4S/c1-5-11(9(2)10(3)19-17-4)12-7-6-8-13-14(12)18-15(16)20-13/h5-8H,2,4H2,1,3H3,(H2,16,18)/b11-5?,19-10-. The van der Waals surface area contributed by atoms with Crippen LogP contribution < -0.4 is 5.73 Å². The molecule has 0 unspecified atom stereocenters. The van der Waals surface area contributed by atoms with E-state index < -0.39 is 0 Å². The second-order valence-electron chi connectivity index (χ2n) is 4.21. The van der Waals surface area contributed by atoms with Crippen LogP contribution in [0.4, 0.5) is 5.13 Å². The van der Waals surface area contributed by atoms with E-state index in [0.717, 1.165) is 32.6 Å². The maximum atomic E-state index is 5.80. The van der Waals surface area contributed by atoms with Gasteiger partial charge in [0.1, 0.15) is 0 Å². The number of aromatic nitrogens is 1. The van der Waals surface area contributed by atoms with Crippen molar-refractivity contribution in [2.45, 2.75) is 13.8 Å². The van der Waals surface area contributed by atoms with Crippen LogP contribution in [0.25, 0.3) is 15.8 Å². The molecule has 0 atom stereocenters. The van der Waals surface area contributed by atoms with Gasteiger partial charge in [-0.25, -0.2) is 4.98 Å². The Morgan fingerprint density at radius 1 is 1.45 bits per heavy atom. The summed E-state index contributed by atoms with van der Waals surface area (Å²) in [5.74, 6) is 0. The lowest BCUT2D eigenvalue weighted by Crippen LogP contribution is -1.99. The molecule has 5 heteroatoms. The summed E-state index contributed by atoms with van der Waals surface area (Å²) < 4.78 is 1.06. The van der Waals surface area contributed by atoms with Gasteiger partial charge in [0.15, 0.2) is 5.13 Å². The lowest BCUT2D eigenvalue weighted by molar-refractivity contribution is 1.25. The van der Waals surface area contributed by atoms with Crippen molar-refractivity contribution in [3.8, 4) is 0 Å². The summed E-state index contributed by atoms with van der Waals surface area (Å²) in [5, 5.41) is 8.06. The van der Waals surface area contributed by atoms with Crippen molar-refractivity contribution in [2.24, 2.45) is 10.2 Å². The van der Waals surface area contributed by atoms with Crippen molar-refractivity contribution in [3.05, 3.63) is 42.0 Å². The van der Waals surface area contributed by atoms with Crippen molar-refractivity contribution in [1.82, 2.24) is 4.98 Å². The molecule has 2 aromatic rings. The molecule has 0 saturated heterocycles. The first-order valence-electron chi connectivity index (χ1n) is 6.10. The second-order valence-corrected chi connectivity index (χ2v) is 5.27. The van der Waals surface area contributed by atoms with Gasteiger partial charge in [-0.2, -0.15) is 10.2 Å². The Balaban J connectivity index is 2.59. The molecule has 1 heterocycles. The average molecular weight is 284 g/mol. The third kappa shape index (κ3) is 2.53. The summed E-state index contributed by atoms with van der Waals surface area (Å²) >= 11 is 1.48. The highest BCUT2D eigenvalue weighted by atomic mass is 32.1. The molecule has 102 valence electrons. The molecule has 0 bridgehead atoms. The largest absolute Gasteiger partial charge is 0.375 e. The molecule has 4 nitrogen and oxygen atoms in total. The average Bonchev–Trinajstić information content (AvgIpc) is 2.80. The van der Waals surface area contributed by atoms with Crippen molar-refractivity contribution >= 4 is 44.7 Å². The van der Waals surface area contributed by atoms with E-state index in [0.29, 0.717) is 5.13 Å². The van der Waals surface area contributed by atoms with Gasteiger partial charge < -0.3 is 5.73 Å². The number of thiazole rings is 1. The lowest BCUT2D eigenvalue weighted by Gasteiger charge is -2.10. The van der Waals surface area contributed by atoms with Gasteiger partial charge >= 0.3 is 0 Å². The number of para-hydroxylation sites is 1. The van der Waals surface area contributed by atoms with Gasteiger partial charge in [-0.3, -0.25) is 0 Å². The number of hydrogen-bond acceptors (Lipinski definition) is 5. The number of nitrogens with two attached hydrogens (primary N) is 1. The minimum absolute atomic E-state index is 0.562. The van der Waals surface area contributed by atoms with Crippen LogP contribution >= 0.6 is 11.3 Å². The van der Waals surface area contributed by atoms with Crippen molar-refractivity contribution in [2.75, 3.05) is 5.73 Å². The molecular weight excluding hydrogens is 268 g/mol. The monoisotopic (exact) mass is 284 g/mol. The predicted octanol–water partition coefficient (Wildman–Crippen LogP) is 3.91. The van der Waals surface area contributed by atoms with Crippen LogP contribution in [0.1, 0.15) is 19.4 Å². The highest BCUT2D eigenvalue weighted by Crippen LogP contribution is 2.33. The zero-order valence-electron chi connectivity index (χ0n) is 11.6. The number of anilines is 1. The summed E-state index contributed by atoms with van der Waals surface area (Å²) in [4.78, 5) is 4.41.